The van der Waals surface area contributed by atoms with E-state index in [1.54, 1.807) is 0 Å². The highest BCUT2D eigenvalue weighted by Crippen LogP contribution is 2.44. The number of benzene rings is 8. The molecule has 0 aliphatic rings. The highest BCUT2D eigenvalue weighted by molar-refractivity contribution is 7.26. The van der Waals surface area contributed by atoms with Crippen molar-refractivity contribution >= 4 is 70.2 Å². The molecule has 244 valence electrons. The number of hydrogen-bond acceptors (Lipinski definition) is 3. The maximum Gasteiger partial charge on any atom is 0.0788 e. The summed E-state index contributed by atoms with van der Waals surface area (Å²) in [5.74, 6) is 0. The Kier molecular flexibility index (Phi) is 7.37. The van der Waals surface area contributed by atoms with Gasteiger partial charge in [0.1, 0.15) is 0 Å². The third-order valence-electron chi connectivity index (χ3n) is 10.0. The monoisotopic (exact) mass is 680 g/mol. The van der Waals surface area contributed by atoms with Crippen molar-refractivity contribution in [2.24, 2.45) is 0 Å². The average Bonchev–Trinajstić information content (AvgIpc) is 3.60. The zero-order chi connectivity index (χ0) is 34.4. The summed E-state index contributed by atoms with van der Waals surface area (Å²) in [7, 11) is 0. The Morgan fingerprint density at radius 1 is 0.385 bits per heavy atom. The summed E-state index contributed by atoms with van der Waals surface area (Å²) < 4.78 is 2.59. The Balaban J connectivity index is 1.13. The van der Waals surface area contributed by atoms with E-state index in [1.807, 2.05) is 11.3 Å². The van der Waals surface area contributed by atoms with Crippen molar-refractivity contribution in [3.63, 3.8) is 0 Å². The SMILES string of the molecule is c1ccc(-c2cccc(N(c3ccc(-c4nc5ccccc5cc4-c4ccccc4)cc3)c3ccc4c(c3)sc3ccc5ccccc5c34)c2)cc1. The van der Waals surface area contributed by atoms with Crippen LogP contribution >= 0.6 is 11.3 Å². The van der Waals surface area contributed by atoms with Gasteiger partial charge in [0, 0.05) is 53.7 Å². The molecule has 8 aromatic carbocycles. The number of thiophene rings is 1. The van der Waals surface area contributed by atoms with Gasteiger partial charge in [-0.3, -0.25) is 0 Å². The van der Waals surface area contributed by atoms with Crippen LogP contribution < -0.4 is 4.90 Å². The second-order valence-corrected chi connectivity index (χ2v) is 14.3. The fourth-order valence-corrected chi connectivity index (χ4v) is 8.67. The fourth-order valence-electron chi connectivity index (χ4n) is 7.52. The molecule has 3 heteroatoms. The van der Waals surface area contributed by atoms with E-state index in [9.17, 15) is 0 Å². The van der Waals surface area contributed by atoms with E-state index in [-0.39, 0.29) is 0 Å². The van der Waals surface area contributed by atoms with Crippen LogP contribution in [0.4, 0.5) is 17.1 Å². The van der Waals surface area contributed by atoms with E-state index in [0.29, 0.717) is 0 Å². The molecule has 0 atom stereocenters. The first-order chi connectivity index (χ1) is 25.8. The Bertz CT molecular complexity index is 2890. The average molecular weight is 681 g/mol. The molecule has 2 nitrogen and oxygen atoms in total. The van der Waals surface area contributed by atoms with E-state index in [1.165, 1.54) is 42.1 Å². The molecule has 0 saturated heterocycles. The Morgan fingerprint density at radius 3 is 1.88 bits per heavy atom. The number of nitrogens with zero attached hydrogens (tertiary/aromatic N) is 2. The summed E-state index contributed by atoms with van der Waals surface area (Å²) in [4.78, 5) is 7.60. The maximum atomic E-state index is 5.22. The first-order valence-electron chi connectivity index (χ1n) is 17.6. The zero-order valence-electron chi connectivity index (χ0n) is 28.3. The molecule has 0 N–H and O–H groups in total. The molecule has 2 heterocycles. The third-order valence-corrected chi connectivity index (χ3v) is 11.1. The second-order valence-electron chi connectivity index (χ2n) is 13.2. The lowest BCUT2D eigenvalue weighted by Crippen LogP contribution is -2.10. The summed E-state index contributed by atoms with van der Waals surface area (Å²) in [5.41, 5.74) is 11.0. The van der Waals surface area contributed by atoms with E-state index in [2.05, 4.69) is 199 Å². The fraction of sp³-hybridized carbons (Fsp3) is 0. The molecule has 0 aliphatic heterocycles. The molecule has 0 aliphatic carbocycles. The Labute approximate surface area is 306 Å². The molecule has 10 aromatic rings. The molecular weight excluding hydrogens is 649 g/mol. The van der Waals surface area contributed by atoms with Gasteiger partial charge in [-0.15, -0.1) is 11.3 Å². The van der Waals surface area contributed by atoms with E-state index in [4.69, 9.17) is 4.98 Å². The van der Waals surface area contributed by atoms with Crippen LogP contribution in [0.1, 0.15) is 0 Å². The van der Waals surface area contributed by atoms with E-state index >= 15 is 0 Å². The van der Waals surface area contributed by atoms with Crippen molar-refractivity contribution in [1.82, 2.24) is 4.98 Å². The van der Waals surface area contributed by atoms with Gasteiger partial charge < -0.3 is 4.90 Å². The molecule has 0 unspecified atom stereocenters. The number of aromatic nitrogens is 1. The zero-order valence-corrected chi connectivity index (χ0v) is 29.1. The van der Waals surface area contributed by atoms with Gasteiger partial charge in [0.25, 0.3) is 0 Å². The minimum atomic E-state index is 0.980. The predicted octanol–water partition coefficient (Wildman–Crippen LogP) is 14.2. The molecule has 0 fully saturated rings. The molecule has 0 radical (unpaired) electrons. The summed E-state index contributed by atoms with van der Waals surface area (Å²) in [6.45, 7) is 0. The van der Waals surface area contributed by atoms with Crippen LogP contribution in [0.25, 0.3) is 75.4 Å². The minimum Gasteiger partial charge on any atom is -0.310 e. The Hall–Kier alpha value is -6.55. The topological polar surface area (TPSA) is 16.1 Å². The number of anilines is 3. The van der Waals surface area contributed by atoms with Gasteiger partial charge >= 0.3 is 0 Å². The van der Waals surface area contributed by atoms with Gasteiger partial charge in [-0.2, -0.15) is 0 Å². The van der Waals surface area contributed by atoms with Gasteiger partial charge in [-0.05, 0) is 82.1 Å². The number of hydrogen-bond donors (Lipinski definition) is 0. The smallest absolute Gasteiger partial charge is 0.0788 e. The quantitative estimate of drug-likeness (QED) is 0.174. The van der Waals surface area contributed by atoms with Crippen LogP contribution in [0.3, 0.4) is 0 Å². The first kappa shape index (κ1) is 30.3. The summed E-state index contributed by atoms with van der Waals surface area (Å²) in [5, 5.41) is 6.35. The maximum absolute atomic E-state index is 5.22. The van der Waals surface area contributed by atoms with Crippen LogP contribution in [0.5, 0.6) is 0 Å². The van der Waals surface area contributed by atoms with Crippen LogP contribution in [0.15, 0.2) is 194 Å². The van der Waals surface area contributed by atoms with Crippen LogP contribution in [0.2, 0.25) is 0 Å². The highest BCUT2D eigenvalue weighted by Gasteiger charge is 2.18. The number of rotatable bonds is 6. The molecule has 0 saturated carbocycles. The summed E-state index contributed by atoms with van der Waals surface area (Å²) in [6, 6.07) is 69.7. The molecule has 2 aromatic heterocycles. The van der Waals surface area contributed by atoms with Crippen LogP contribution in [-0.4, -0.2) is 4.98 Å². The standard InChI is InChI=1S/C49H32N2S/c1-3-12-33(13-4-1)37-18-11-19-40(30-37)51(41-27-28-43-47(32-41)52-46-29-24-35-16-7-9-20-42(35)48(43)46)39-25-22-36(23-26-39)49-44(34-14-5-2-6-15-34)31-38-17-8-10-21-45(38)50-49/h1-32H. The first-order valence-corrected chi connectivity index (χ1v) is 18.4. The lowest BCUT2D eigenvalue weighted by atomic mass is 9.97. The van der Waals surface area contributed by atoms with Gasteiger partial charge in [-0.25, -0.2) is 4.98 Å². The van der Waals surface area contributed by atoms with Gasteiger partial charge in [-0.1, -0.05) is 140 Å². The van der Waals surface area contributed by atoms with Gasteiger partial charge in [0.15, 0.2) is 0 Å². The van der Waals surface area contributed by atoms with Crippen molar-refractivity contribution in [1.29, 1.82) is 0 Å². The second kappa shape index (κ2) is 12.6. The van der Waals surface area contributed by atoms with Gasteiger partial charge in [0.2, 0.25) is 0 Å². The number of pyridine rings is 1. The lowest BCUT2D eigenvalue weighted by molar-refractivity contribution is 1.29. The Morgan fingerprint density at radius 2 is 1.06 bits per heavy atom. The van der Waals surface area contributed by atoms with E-state index < -0.39 is 0 Å². The molecule has 10 rings (SSSR count). The normalized spacial score (nSPS) is 11.5. The molecule has 0 amide bonds. The largest absolute Gasteiger partial charge is 0.310 e. The van der Waals surface area contributed by atoms with Crippen molar-refractivity contribution in [3.05, 3.63) is 194 Å². The molecule has 0 spiro atoms. The molecular formula is C49H32N2S. The van der Waals surface area contributed by atoms with Crippen LogP contribution in [-0.2, 0) is 0 Å². The van der Waals surface area contributed by atoms with Gasteiger partial charge in [0.05, 0.1) is 11.2 Å². The molecule has 52 heavy (non-hydrogen) atoms. The van der Waals surface area contributed by atoms with Crippen LogP contribution in [0, 0.1) is 0 Å². The number of fused-ring (bicyclic) bond motifs is 6. The molecule has 0 bridgehead atoms. The van der Waals surface area contributed by atoms with Crippen molar-refractivity contribution in [3.8, 4) is 33.5 Å². The van der Waals surface area contributed by atoms with E-state index in [0.717, 1.165) is 50.3 Å². The summed E-state index contributed by atoms with van der Waals surface area (Å²) >= 11 is 1.86. The highest BCUT2D eigenvalue weighted by atomic mass is 32.1. The summed E-state index contributed by atoms with van der Waals surface area (Å²) in [6.07, 6.45) is 0. The lowest BCUT2D eigenvalue weighted by Gasteiger charge is -2.26. The van der Waals surface area contributed by atoms with Crippen molar-refractivity contribution in [2.45, 2.75) is 0 Å². The number of para-hydroxylation sites is 1. The van der Waals surface area contributed by atoms with Crippen molar-refractivity contribution < 1.29 is 0 Å². The minimum absolute atomic E-state index is 0.980. The predicted molar refractivity (Wildman–Crippen MR) is 223 cm³/mol. The van der Waals surface area contributed by atoms with Crippen molar-refractivity contribution in [2.75, 3.05) is 4.90 Å². The third kappa shape index (κ3) is 5.31.